The van der Waals surface area contributed by atoms with Gasteiger partial charge in [-0.3, -0.25) is 24.4 Å². The Hall–Kier alpha value is -3.82. The van der Waals surface area contributed by atoms with Crippen LogP contribution < -0.4 is 24.8 Å². The highest BCUT2D eigenvalue weighted by molar-refractivity contribution is 7.91. The fourth-order valence-electron chi connectivity index (χ4n) is 9.21. The van der Waals surface area contributed by atoms with Crippen LogP contribution in [0.25, 0.3) is 10.9 Å². The minimum atomic E-state index is -3.99. The summed E-state index contributed by atoms with van der Waals surface area (Å²) in [4.78, 5) is 49.6. The summed E-state index contributed by atoms with van der Waals surface area (Å²) in [6, 6.07) is 3.46. The molecule has 6 aliphatic rings. The number of carbonyl (C=O) groups excluding carboxylic acids is 3. The zero-order chi connectivity index (χ0) is 39.5. The van der Waals surface area contributed by atoms with Crippen molar-refractivity contribution >= 4 is 38.6 Å². The fraction of sp³-hybridized carbons (Fsp3) is 0.659. The topological polar surface area (TPSA) is 165 Å². The molecule has 56 heavy (non-hydrogen) atoms. The van der Waals surface area contributed by atoms with Gasteiger partial charge in [0, 0.05) is 29.7 Å². The Labute approximate surface area is 327 Å². The van der Waals surface area contributed by atoms with Gasteiger partial charge in [0.15, 0.2) is 0 Å². The van der Waals surface area contributed by atoms with Crippen molar-refractivity contribution < 1.29 is 41.4 Å². The van der Waals surface area contributed by atoms with Gasteiger partial charge in [-0.1, -0.05) is 37.8 Å². The minimum absolute atomic E-state index is 0.0418. The summed E-state index contributed by atoms with van der Waals surface area (Å²) in [5, 5.41) is 6.84. The van der Waals surface area contributed by atoms with Gasteiger partial charge in [-0.2, -0.15) is 0 Å². The second kappa shape index (κ2) is 14.8. The summed E-state index contributed by atoms with van der Waals surface area (Å²) in [7, 11) is -2.46. The number of rotatable bonds is 8. The molecule has 8 rings (SSSR count). The molecule has 15 heteroatoms. The van der Waals surface area contributed by atoms with Crippen LogP contribution in [-0.2, 0) is 29.1 Å². The Morgan fingerprint density at radius 3 is 2.61 bits per heavy atom. The summed E-state index contributed by atoms with van der Waals surface area (Å²) in [5.41, 5.74) is -1.38. The number of alkyl halides is 1. The van der Waals surface area contributed by atoms with E-state index in [1.807, 2.05) is 12.2 Å². The first-order chi connectivity index (χ1) is 26.8. The van der Waals surface area contributed by atoms with Crippen molar-refractivity contribution in [2.24, 2.45) is 5.92 Å². The van der Waals surface area contributed by atoms with Crippen LogP contribution in [0.3, 0.4) is 0 Å². The van der Waals surface area contributed by atoms with Crippen molar-refractivity contribution in [3.8, 4) is 11.5 Å². The van der Waals surface area contributed by atoms with Gasteiger partial charge < -0.3 is 24.4 Å². The number of carbonyl (C=O) groups is 3. The van der Waals surface area contributed by atoms with Gasteiger partial charge in [0.05, 0.1) is 48.5 Å². The number of amides is 3. The molecule has 1 aromatic carbocycles. The van der Waals surface area contributed by atoms with E-state index in [2.05, 4.69) is 15.4 Å². The number of aromatic nitrogens is 1. The van der Waals surface area contributed by atoms with Crippen molar-refractivity contribution in [2.45, 2.75) is 144 Å². The molecule has 1 spiro atoms. The van der Waals surface area contributed by atoms with Crippen LogP contribution in [0.4, 0.5) is 4.39 Å². The molecule has 2 aromatic rings. The van der Waals surface area contributed by atoms with E-state index in [1.54, 1.807) is 32.0 Å². The molecular weight excluding hydrogens is 742 g/mol. The SMILES string of the molecule is COc1ccc2nc(C)c3c(c2c1)C(F)CC1(CC2C(=O)NC4(C(=O)NS(=O)(=O)C5(C)CC5)CC4C=CCCCCCC(NCOC4CCCC4)C(=O)N2C1)O3. The highest BCUT2D eigenvalue weighted by Gasteiger charge is 2.64. The van der Waals surface area contributed by atoms with Crippen LogP contribution in [0, 0.1) is 12.8 Å². The Kier molecular flexibility index (Phi) is 10.3. The Morgan fingerprint density at radius 2 is 1.86 bits per heavy atom. The van der Waals surface area contributed by atoms with Gasteiger partial charge in [-0.05, 0) is 83.4 Å². The molecule has 1 aromatic heterocycles. The highest BCUT2D eigenvalue weighted by Crippen LogP contribution is 2.52. The number of allylic oxidation sites excluding steroid dienone is 1. The molecule has 0 radical (unpaired) electrons. The maximum atomic E-state index is 16.8. The number of halogens is 1. The third kappa shape index (κ3) is 7.27. The molecule has 3 N–H and O–H groups in total. The van der Waals surface area contributed by atoms with E-state index >= 15 is 4.39 Å². The summed E-state index contributed by atoms with van der Waals surface area (Å²) in [6.45, 7) is 3.46. The highest BCUT2D eigenvalue weighted by atomic mass is 32.2. The zero-order valence-electron chi connectivity index (χ0n) is 32.5. The Bertz CT molecular complexity index is 2040. The standard InChI is InChI=1S/C41H54FN5O8S/c1-25-35-34(29-19-28(53-3)15-16-31(29)44-25)30(42)21-40(55-35)22-33-36(48)45-41(38(50)46-56(51,52)39(2)17-18-39)20-26(41)11-7-5-4-6-8-14-32(37(49)47(33)23-40)43-24-54-27-12-9-10-13-27/h7,11,15-16,19,26-27,30,32-33,43H,4-6,8-10,12-14,17-18,20-24H2,1-3H3,(H,45,48)(H,46,50). The molecule has 3 saturated carbocycles. The summed E-state index contributed by atoms with van der Waals surface area (Å²) < 4.78 is 62.8. The molecule has 1 saturated heterocycles. The molecule has 3 aliphatic carbocycles. The van der Waals surface area contributed by atoms with E-state index in [0.717, 1.165) is 51.4 Å². The van der Waals surface area contributed by atoms with Gasteiger partial charge in [0.25, 0.3) is 5.91 Å². The molecule has 13 nitrogen and oxygen atoms in total. The lowest BCUT2D eigenvalue weighted by Gasteiger charge is -2.38. The van der Waals surface area contributed by atoms with Crippen LogP contribution in [0.5, 0.6) is 11.5 Å². The average Bonchev–Trinajstić information content (AvgIpc) is 3.95. The first-order valence-corrected chi connectivity index (χ1v) is 21.8. The van der Waals surface area contributed by atoms with E-state index in [9.17, 15) is 22.8 Å². The molecule has 304 valence electrons. The number of ether oxygens (including phenoxy) is 3. The maximum Gasteiger partial charge on any atom is 0.259 e. The number of hydrogen-bond acceptors (Lipinski definition) is 10. The van der Waals surface area contributed by atoms with Gasteiger partial charge >= 0.3 is 0 Å². The number of fused-ring (bicyclic) bond motifs is 5. The van der Waals surface area contributed by atoms with Crippen molar-refractivity contribution in [3.63, 3.8) is 0 Å². The summed E-state index contributed by atoms with van der Waals surface area (Å²) in [6.07, 6.45) is 11.3. The average molecular weight is 796 g/mol. The van der Waals surface area contributed by atoms with Gasteiger partial charge in [0.1, 0.15) is 34.9 Å². The second-order valence-corrected chi connectivity index (χ2v) is 19.4. The molecule has 3 aliphatic heterocycles. The second-order valence-electron chi connectivity index (χ2n) is 17.2. The lowest BCUT2D eigenvalue weighted by atomic mass is 9.86. The Morgan fingerprint density at radius 1 is 1.09 bits per heavy atom. The number of pyridine rings is 1. The van der Waals surface area contributed by atoms with Crippen LogP contribution in [0.1, 0.15) is 114 Å². The largest absolute Gasteiger partial charge is 0.497 e. The number of nitrogens with one attached hydrogen (secondary N) is 3. The molecule has 6 unspecified atom stereocenters. The first-order valence-electron chi connectivity index (χ1n) is 20.3. The third-order valence-corrected chi connectivity index (χ3v) is 15.3. The summed E-state index contributed by atoms with van der Waals surface area (Å²) in [5.74, 6) is -1.34. The number of hydrogen-bond donors (Lipinski definition) is 3. The predicted molar refractivity (Wildman–Crippen MR) is 206 cm³/mol. The van der Waals surface area contributed by atoms with Gasteiger partial charge in [0.2, 0.25) is 21.8 Å². The molecule has 3 amide bonds. The van der Waals surface area contributed by atoms with Crippen LogP contribution >= 0.6 is 0 Å². The van der Waals surface area contributed by atoms with Crippen molar-refractivity contribution in [1.29, 1.82) is 0 Å². The lowest BCUT2D eigenvalue weighted by Crippen LogP contribution is -2.58. The molecule has 4 heterocycles. The maximum absolute atomic E-state index is 16.8. The fourth-order valence-corrected chi connectivity index (χ4v) is 10.5. The predicted octanol–water partition coefficient (Wildman–Crippen LogP) is 4.95. The normalized spacial score (nSPS) is 31.8. The molecule has 4 fully saturated rings. The quantitative estimate of drug-likeness (QED) is 0.246. The van der Waals surface area contributed by atoms with Crippen molar-refractivity contribution in [2.75, 3.05) is 20.4 Å². The van der Waals surface area contributed by atoms with Crippen LogP contribution in [0.15, 0.2) is 30.4 Å². The van der Waals surface area contributed by atoms with Crippen molar-refractivity contribution in [3.05, 3.63) is 41.6 Å². The minimum Gasteiger partial charge on any atom is -0.497 e. The number of methoxy groups -OCH3 is 1. The van der Waals surface area contributed by atoms with E-state index in [1.165, 1.54) is 12.0 Å². The molecule has 0 bridgehead atoms. The Balaban J connectivity index is 1.13. The first kappa shape index (κ1) is 39.0. The molecular formula is C41H54FN5O8S. The smallest absolute Gasteiger partial charge is 0.259 e. The zero-order valence-corrected chi connectivity index (χ0v) is 33.4. The monoisotopic (exact) mass is 795 g/mol. The number of benzene rings is 1. The van der Waals surface area contributed by atoms with E-state index in [4.69, 9.17) is 19.2 Å². The molecule has 6 atom stereocenters. The van der Waals surface area contributed by atoms with Crippen LogP contribution in [0.2, 0.25) is 0 Å². The summed E-state index contributed by atoms with van der Waals surface area (Å²) >= 11 is 0. The van der Waals surface area contributed by atoms with E-state index in [0.29, 0.717) is 47.2 Å². The van der Waals surface area contributed by atoms with Gasteiger partial charge in [-0.15, -0.1) is 0 Å². The van der Waals surface area contributed by atoms with Crippen molar-refractivity contribution in [1.82, 2.24) is 25.2 Å². The lowest BCUT2D eigenvalue weighted by molar-refractivity contribution is -0.142. The third-order valence-electron chi connectivity index (χ3n) is 13.1. The number of sulfonamides is 1. The van der Waals surface area contributed by atoms with Crippen LogP contribution in [-0.4, -0.2) is 90.5 Å². The van der Waals surface area contributed by atoms with E-state index in [-0.39, 0.29) is 50.3 Å². The number of aryl methyl sites for hydroxylation is 1. The number of nitrogens with zero attached hydrogens (tertiary/aromatic N) is 2. The van der Waals surface area contributed by atoms with Gasteiger partial charge in [-0.25, -0.2) is 17.8 Å². The van der Waals surface area contributed by atoms with E-state index < -0.39 is 61.9 Å².